The third-order valence-corrected chi connectivity index (χ3v) is 1.81. The SMILES string of the molecule is CCCCCC=C(C)C(=O)O.CN(C)C=O. The van der Waals surface area contributed by atoms with E-state index >= 15 is 0 Å². The van der Waals surface area contributed by atoms with Gasteiger partial charge in [0, 0.05) is 19.7 Å². The highest BCUT2D eigenvalue weighted by Crippen LogP contribution is 2.02. The fourth-order valence-corrected chi connectivity index (χ4v) is 0.800. The number of aliphatic carboxylic acids is 1. The molecule has 16 heavy (non-hydrogen) atoms. The van der Waals surface area contributed by atoms with Gasteiger partial charge in [-0.05, 0) is 19.8 Å². The Labute approximate surface area is 97.9 Å². The number of hydrogen-bond donors (Lipinski definition) is 1. The van der Waals surface area contributed by atoms with Crippen LogP contribution in [0.2, 0.25) is 0 Å². The molecule has 1 N–H and O–H groups in total. The summed E-state index contributed by atoms with van der Waals surface area (Å²) in [6.07, 6.45) is 6.90. The summed E-state index contributed by atoms with van der Waals surface area (Å²) >= 11 is 0. The molecule has 0 heterocycles. The molecule has 1 amide bonds. The van der Waals surface area contributed by atoms with Crippen LogP contribution in [0, 0.1) is 0 Å². The maximum absolute atomic E-state index is 10.3. The lowest BCUT2D eigenvalue weighted by Crippen LogP contribution is -2.06. The monoisotopic (exact) mass is 229 g/mol. The van der Waals surface area contributed by atoms with Gasteiger partial charge in [-0.15, -0.1) is 0 Å². The molecule has 0 atom stereocenters. The van der Waals surface area contributed by atoms with E-state index in [-0.39, 0.29) is 0 Å². The van der Waals surface area contributed by atoms with Crippen molar-refractivity contribution in [2.24, 2.45) is 0 Å². The predicted octanol–water partition coefficient (Wildman–Crippen LogP) is 2.30. The summed E-state index contributed by atoms with van der Waals surface area (Å²) in [6.45, 7) is 3.77. The Morgan fingerprint density at radius 3 is 2.12 bits per heavy atom. The van der Waals surface area contributed by atoms with Crippen LogP contribution in [0.4, 0.5) is 0 Å². The normalized spacial score (nSPS) is 10.1. The van der Waals surface area contributed by atoms with Gasteiger partial charge in [-0.1, -0.05) is 25.8 Å². The third kappa shape index (κ3) is 15.2. The Hall–Kier alpha value is -1.32. The molecular formula is C12H23NO3. The number of carboxylic acid groups (broad SMARTS) is 1. The number of unbranched alkanes of at least 4 members (excludes halogenated alkanes) is 3. The van der Waals surface area contributed by atoms with E-state index in [1.54, 1.807) is 27.1 Å². The van der Waals surface area contributed by atoms with Gasteiger partial charge in [-0.3, -0.25) is 4.79 Å². The van der Waals surface area contributed by atoms with Crippen molar-refractivity contribution in [3.63, 3.8) is 0 Å². The molecule has 4 heteroatoms. The first kappa shape index (κ1) is 17.1. The summed E-state index contributed by atoms with van der Waals surface area (Å²) in [4.78, 5) is 21.2. The van der Waals surface area contributed by atoms with E-state index in [0.29, 0.717) is 5.57 Å². The van der Waals surface area contributed by atoms with Crippen molar-refractivity contribution < 1.29 is 14.7 Å². The summed E-state index contributed by atoms with van der Waals surface area (Å²) in [5.74, 6) is -0.804. The van der Waals surface area contributed by atoms with Crippen LogP contribution < -0.4 is 0 Å². The molecule has 94 valence electrons. The number of rotatable bonds is 6. The van der Waals surface area contributed by atoms with Crippen molar-refractivity contribution >= 4 is 12.4 Å². The van der Waals surface area contributed by atoms with Crippen molar-refractivity contribution in [3.8, 4) is 0 Å². The fourth-order valence-electron chi connectivity index (χ4n) is 0.800. The van der Waals surface area contributed by atoms with E-state index < -0.39 is 5.97 Å². The highest BCUT2D eigenvalue weighted by atomic mass is 16.4. The van der Waals surface area contributed by atoms with Gasteiger partial charge in [0.2, 0.25) is 6.41 Å². The smallest absolute Gasteiger partial charge is 0.330 e. The van der Waals surface area contributed by atoms with E-state index in [1.165, 1.54) is 17.7 Å². The van der Waals surface area contributed by atoms with Crippen LogP contribution in [0.25, 0.3) is 0 Å². The molecule has 0 saturated heterocycles. The fraction of sp³-hybridized carbons (Fsp3) is 0.667. The van der Waals surface area contributed by atoms with Gasteiger partial charge in [0.15, 0.2) is 0 Å². The molecule has 0 radical (unpaired) electrons. The molecular weight excluding hydrogens is 206 g/mol. The second-order valence-electron chi connectivity index (χ2n) is 3.76. The molecule has 0 aromatic heterocycles. The summed E-state index contributed by atoms with van der Waals surface area (Å²) in [7, 11) is 3.38. The zero-order valence-electron chi connectivity index (χ0n) is 10.7. The van der Waals surface area contributed by atoms with E-state index in [4.69, 9.17) is 5.11 Å². The highest BCUT2D eigenvalue weighted by Gasteiger charge is 1.96. The second kappa shape index (κ2) is 11.8. The minimum absolute atomic E-state index is 0.459. The van der Waals surface area contributed by atoms with E-state index in [0.717, 1.165) is 19.3 Å². The van der Waals surface area contributed by atoms with Gasteiger partial charge in [0.05, 0.1) is 0 Å². The molecule has 0 aromatic rings. The van der Waals surface area contributed by atoms with Crippen LogP contribution in [0.5, 0.6) is 0 Å². The first-order valence-corrected chi connectivity index (χ1v) is 5.47. The van der Waals surface area contributed by atoms with Gasteiger partial charge in [0.25, 0.3) is 0 Å². The molecule has 0 aliphatic rings. The molecule has 0 spiro atoms. The van der Waals surface area contributed by atoms with Crippen LogP contribution in [-0.4, -0.2) is 36.5 Å². The molecule has 0 rings (SSSR count). The molecule has 0 saturated carbocycles. The number of carbonyl (C=O) groups excluding carboxylic acids is 1. The molecule has 0 bridgehead atoms. The van der Waals surface area contributed by atoms with Crippen molar-refractivity contribution in [3.05, 3.63) is 11.6 Å². The quantitative estimate of drug-likeness (QED) is 0.432. The topological polar surface area (TPSA) is 57.6 Å². The van der Waals surface area contributed by atoms with Crippen molar-refractivity contribution in [1.29, 1.82) is 0 Å². The summed E-state index contributed by atoms with van der Waals surface area (Å²) < 4.78 is 0. The number of carbonyl (C=O) groups is 2. The van der Waals surface area contributed by atoms with Gasteiger partial charge >= 0.3 is 5.97 Å². The molecule has 0 aliphatic carbocycles. The average molecular weight is 229 g/mol. The first-order chi connectivity index (χ1) is 7.45. The van der Waals surface area contributed by atoms with Crippen LogP contribution in [0.1, 0.15) is 39.5 Å². The second-order valence-corrected chi connectivity index (χ2v) is 3.76. The van der Waals surface area contributed by atoms with Gasteiger partial charge in [0.1, 0.15) is 0 Å². The van der Waals surface area contributed by atoms with Gasteiger partial charge < -0.3 is 10.0 Å². The van der Waals surface area contributed by atoms with E-state index in [1.807, 2.05) is 0 Å². The lowest BCUT2D eigenvalue weighted by atomic mass is 10.1. The minimum atomic E-state index is -0.804. The van der Waals surface area contributed by atoms with Gasteiger partial charge in [-0.2, -0.15) is 0 Å². The summed E-state index contributed by atoms with van der Waals surface area (Å²) in [5, 5.41) is 8.47. The van der Waals surface area contributed by atoms with E-state index in [9.17, 15) is 9.59 Å². The Bertz CT molecular complexity index is 222. The number of nitrogens with zero attached hydrogens (tertiary/aromatic N) is 1. The molecule has 0 aliphatic heterocycles. The maximum atomic E-state index is 10.3. The zero-order chi connectivity index (χ0) is 13.0. The third-order valence-electron chi connectivity index (χ3n) is 1.81. The van der Waals surface area contributed by atoms with Crippen LogP contribution in [-0.2, 0) is 9.59 Å². The molecule has 4 nitrogen and oxygen atoms in total. The minimum Gasteiger partial charge on any atom is -0.478 e. The van der Waals surface area contributed by atoms with E-state index in [2.05, 4.69) is 6.92 Å². The number of allylic oxidation sites excluding steroid dienone is 1. The van der Waals surface area contributed by atoms with Crippen LogP contribution >= 0.6 is 0 Å². The lowest BCUT2D eigenvalue weighted by molar-refractivity contribution is -0.132. The number of hydrogen-bond acceptors (Lipinski definition) is 2. The Morgan fingerprint density at radius 2 is 1.81 bits per heavy atom. The molecule has 0 aromatic carbocycles. The first-order valence-electron chi connectivity index (χ1n) is 5.47. The molecule has 0 fully saturated rings. The Kier molecular flexibility index (Phi) is 12.6. The van der Waals surface area contributed by atoms with Gasteiger partial charge in [-0.25, -0.2) is 4.79 Å². The summed E-state index contributed by atoms with van der Waals surface area (Å²) in [5.41, 5.74) is 0.459. The van der Waals surface area contributed by atoms with Crippen molar-refractivity contribution in [2.75, 3.05) is 14.1 Å². The van der Waals surface area contributed by atoms with Crippen molar-refractivity contribution in [2.45, 2.75) is 39.5 Å². The Balaban J connectivity index is 0. The highest BCUT2D eigenvalue weighted by molar-refractivity contribution is 5.85. The largest absolute Gasteiger partial charge is 0.478 e. The molecule has 0 unspecified atom stereocenters. The maximum Gasteiger partial charge on any atom is 0.330 e. The van der Waals surface area contributed by atoms with Crippen molar-refractivity contribution in [1.82, 2.24) is 4.90 Å². The number of carboxylic acids is 1. The number of amides is 1. The Morgan fingerprint density at radius 1 is 1.31 bits per heavy atom. The average Bonchev–Trinajstić information content (AvgIpc) is 2.24. The summed E-state index contributed by atoms with van der Waals surface area (Å²) in [6, 6.07) is 0. The van der Waals surface area contributed by atoms with Crippen LogP contribution in [0.3, 0.4) is 0 Å². The predicted molar refractivity (Wildman–Crippen MR) is 65.3 cm³/mol. The van der Waals surface area contributed by atoms with Crippen LogP contribution in [0.15, 0.2) is 11.6 Å². The zero-order valence-corrected chi connectivity index (χ0v) is 10.7. The lowest BCUT2D eigenvalue weighted by Gasteiger charge is -1.93. The standard InChI is InChI=1S/C9H16O2.C3H7NO/c1-3-4-5-6-7-8(2)9(10)11;1-4(2)3-5/h7H,3-6H2,1-2H3,(H,10,11);3H,1-2H3.